The summed E-state index contributed by atoms with van der Waals surface area (Å²) in [5, 5.41) is 7.31. The topological polar surface area (TPSA) is 33.1 Å². The van der Waals surface area contributed by atoms with Crippen LogP contribution in [0.15, 0.2) is 28.7 Å². The van der Waals surface area contributed by atoms with Gasteiger partial charge in [-0.15, -0.1) is 0 Å². The highest BCUT2D eigenvalue weighted by atomic mass is 79.9. The number of benzene rings is 1. The van der Waals surface area contributed by atoms with Gasteiger partial charge in [0.15, 0.2) is 5.90 Å². The van der Waals surface area contributed by atoms with Crippen LogP contribution in [0.2, 0.25) is 0 Å². The molecule has 12 heavy (non-hydrogen) atoms. The molecule has 0 radical (unpaired) electrons. The minimum absolute atomic E-state index is 0.285. The van der Waals surface area contributed by atoms with Crippen LogP contribution < -0.4 is 0 Å². The highest BCUT2D eigenvalue weighted by Crippen LogP contribution is 2.12. The monoisotopic (exact) mass is 227 g/mol. The van der Waals surface area contributed by atoms with E-state index < -0.39 is 0 Å². The highest BCUT2D eigenvalue weighted by Gasteiger charge is 1.98. The number of ether oxygens (including phenoxy) is 1. The fourth-order valence-electron chi connectivity index (χ4n) is 0.904. The molecule has 0 bridgehead atoms. The molecule has 1 N–H and O–H groups in total. The Morgan fingerprint density at radius 1 is 1.58 bits per heavy atom. The van der Waals surface area contributed by atoms with Crippen LogP contribution in [0, 0.1) is 5.41 Å². The smallest absolute Gasteiger partial charge is 0.184 e. The van der Waals surface area contributed by atoms with Crippen LogP contribution in [0.25, 0.3) is 0 Å². The Bertz CT molecular complexity index is 286. The van der Waals surface area contributed by atoms with Crippen LogP contribution in [-0.2, 0) is 11.2 Å². The van der Waals surface area contributed by atoms with Crippen molar-refractivity contribution in [3.63, 3.8) is 0 Å². The quantitative estimate of drug-likeness (QED) is 0.612. The third-order valence-corrected chi connectivity index (χ3v) is 1.99. The molecule has 1 aromatic rings. The fraction of sp³-hybridized carbons (Fsp3) is 0.222. The Morgan fingerprint density at radius 3 is 2.92 bits per heavy atom. The summed E-state index contributed by atoms with van der Waals surface area (Å²) in [4.78, 5) is 0. The predicted molar refractivity (Wildman–Crippen MR) is 52.6 cm³/mol. The maximum absolute atomic E-state index is 7.31. The van der Waals surface area contributed by atoms with E-state index in [0.29, 0.717) is 6.42 Å². The molecule has 0 heterocycles. The van der Waals surface area contributed by atoms with Crippen molar-refractivity contribution in [3.05, 3.63) is 34.3 Å². The van der Waals surface area contributed by atoms with Gasteiger partial charge in [0.25, 0.3) is 0 Å². The average molecular weight is 228 g/mol. The van der Waals surface area contributed by atoms with E-state index in [1.54, 1.807) is 0 Å². The van der Waals surface area contributed by atoms with E-state index >= 15 is 0 Å². The summed E-state index contributed by atoms with van der Waals surface area (Å²) in [7, 11) is 1.51. The average Bonchev–Trinajstić information content (AvgIpc) is 2.04. The van der Waals surface area contributed by atoms with Crippen molar-refractivity contribution in [2.24, 2.45) is 0 Å². The van der Waals surface area contributed by atoms with Crippen molar-refractivity contribution < 1.29 is 4.74 Å². The van der Waals surface area contributed by atoms with Gasteiger partial charge in [-0.1, -0.05) is 28.1 Å². The number of methoxy groups -OCH3 is 1. The van der Waals surface area contributed by atoms with E-state index in [-0.39, 0.29) is 5.90 Å². The summed E-state index contributed by atoms with van der Waals surface area (Å²) in [6.07, 6.45) is 0.552. The standard InChI is InChI=1S/C9H10BrNO/c1-12-9(11)6-7-3-2-4-8(10)5-7/h2-5,11H,6H2,1H3. The lowest BCUT2D eigenvalue weighted by Gasteiger charge is -2.02. The zero-order valence-corrected chi connectivity index (χ0v) is 8.39. The molecule has 0 saturated carbocycles. The molecular weight excluding hydrogens is 218 g/mol. The molecule has 3 heteroatoms. The molecule has 1 rings (SSSR count). The van der Waals surface area contributed by atoms with Gasteiger partial charge in [0.1, 0.15) is 0 Å². The minimum Gasteiger partial charge on any atom is -0.484 e. The molecule has 0 fully saturated rings. The van der Waals surface area contributed by atoms with Crippen LogP contribution in [0.3, 0.4) is 0 Å². The predicted octanol–water partition coefficient (Wildman–Crippen LogP) is 2.62. The van der Waals surface area contributed by atoms with E-state index in [1.165, 1.54) is 7.11 Å². The Balaban J connectivity index is 2.69. The zero-order chi connectivity index (χ0) is 8.97. The summed E-state index contributed by atoms with van der Waals surface area (Å²) in [6, 6.07) is 7.86. The molecule has 0 aliphatic rings. The summed E-state index contributed by atoms with van der Waals surface area (Å²) in [5.74, 6) is 0.285. The largest absolute Gasteiger partial charge is 0.484 e. The summed E-state index contributed by atoms with van der Waals surface area (Å²) in [5.41, 5.74) is 1.08. The van der Waals surface area contributed by atoms with Crippen LogP contribution in [0.5, 0.6) is 0 Å². The molecule has 0 spiro atoms. The van der Waals surface area contributed by atoms with Gasteiger partial charge < -0.3 is 4.74 Å². The minimum atomic E-state index is 0.285. The Morgan fingerprint density at radius 2 is 2.33 bits per heavy atom. The molecule has 0 atom stereocenters. The lowest BCUT2D eigenvalue weighted by molar-refractivity contribution is 0.390. The lowest BCUT2D eigenvalue weighted by Crippen LogP contribution is -2.02. The van der Waals surface area contributed by atoms with Crippen LogP contribution in [-0.4, -0.2) is 13.0 Å². The molecule has 64 valence electrons. The van der Waals surface area contributed by atoms with E-state index in [0.717, 1.165) is 10.0 Å². The SMILES string of the molecule is COC(=N)Cc1cccc(Br)c1. The van der Waals surface area contributed by atoms with E-state index in [2.05, 4.69) is 15.9 Å². The van der Waals surface area contributed by atoms with Gasteiger partial charge in [0, 0.05) is 10.9 Å². The second-order valence-corrected chi connectivity index (χ2v) is 3.35. The number of hydrogen-bond donors (Lipinski definition) is 1. The van der Waals surface area contributed by atoms with Gasteiger partial charge in [-0.3, -0.25) is 5.41 Å². The first-order valence-electron chi connectivity index (χ1n) is 3.58. The summed E-state index contributed by atoms with van der Waals surface area (Å²) >= 11 is 3.36. The van der Waals surface area contributed by atoms with Crippen molar-refractivity contribution in [2.75, 3.05) is 7.11 Å². The maximum atomic E-state index is 7.31. The second kappa shape index (κ2) is 4.26. The first kappa shape index (κ1) is 9.26. The van der Waals surface area contributed by atoms with Crippen LogP contribution in [0.4, 0.5) is 0 Å². The van der Waals surface area contributed by atoms with Crippen LogP contribution >= 0.6 is 15.9 Å². The number of halogens is 1. The summed E-state index contributed by atoms with van der Waals surface area (Å²) in [6.45, 7) is 0. The Hall–Kier alpha value is -0.830. The van der Waals surface area contributed by atoms with Crippen molar-refractivity contribution >= 4 is 21.8 Å². The van der Waals surface area contributed by atoms with Gasteiger partial charge in [-0.05, 0) is 17.7 Å². The Labute approximate surface area is 80.2 Å². The van der Waals surface area contributed by atoms with E-state index in [1.807, 2.05) is 24.3 Å². The van der Waals surface area contributed by atoms with Crippen molar-refractivity contribution in [1.29, 1.82) is 5.41 Å². The second-order valence-electron chi connectivity index (χ2n) is 2.43. The van der Waals surface area contributed by atoms with Gasteiger partial charge in [0.2, 0.25) is 0 Å². The molecule has 0 aromatic heterocycles. The molecule has 0 saturated heterocycles. The van der Waals surface area contributed by atoms with Gasteiger partial charge in [-0.25, -0.2) is 0 Å². The van der Waals surface area contributed by atoms with Crippen molar-refractivity contribution in [1.82, 2.24) is 0 Å². The number of nitrogens with one attached hydrogen (secondary N) is 1. The fourth-order valence-corrected chi connectivity index (χ4v) is 1.35. The zero-order valence-electron chi connectivity index (χ0n) is 6.80. The highest BCUT2D eigenvalue weighted by molar-refractivity contribution is 9.10. The number of rotatable bonds is 2. The number of hydrogen-bond acceptors (Lipinski definition) is 2. The van der Waals surface area contributed by atoms with Gasteiger partial charge >= 0.3 is 0 Å². The molecule has 0 amide bonds. The van der Waals surface area contributed by atoms with E-state index in [4.69, 9.17) is 10.1 Å². The van der Waals surface area contributed by atoms with Gasteiger partial charge in [0.05, 0.1) is 7.11 Å². The van der Waals surface area contributed by atoms with Crippen LogP contribution in [0.1, 0.15) is 5.56 Å². The van der Waals surface area contributed by atoms with Gasteiger partial charge in [-0.2, -0.15) is 0 Å². The van der Waals surface area contributed by atoms with E-state index in [9.17, 15) is 0 Å². The third kappa shape index (κ3) is 2.66. The molecule has 2 nitrogen and oxygen atoms in total. The summed E-state index contributed by atoms with van der Waals surface area (Å²) < 4.78 is 5.79. The van der Waals surface area contributed by atoms with Crippen molar-refractivity contribution in [2.45, 2.75) is 6.42 Å². The first-order valence-corrected chi connectivity index (χ1v) is 4.37. The normalized spacial score (nSPS) is 9.50. The molecule has 0 aliphatic carbocycles. The maximum Gasteiger partial charge on any atom is 0.184 e. The Kier molecular flexibility index (Phi) is 3.29. The lowest BCUT2D eigenvalue weighted by atomic mass is 10.1. The molecule has 0 unspecified atom stereocenters. The molecule has 0 aliphatic heterocycles. The molecular formula is C9H10BrNO. The molecule has 1 aromatic carbocycles. The van der Waals surface area contributed by atoms with Crippen molar-refractivity contribution in [3.8, 4) is 0 Å². The third-order valence-electron chi connectivity index (χ3n) is 1.50. The first-order chi connectivity index (χ1) is 5.72.